The fourth-order valence-corrected chi connectivity index (χ4v) is 3.66. The van der Waals surface area contributed by atoms with Crippen LogP contribution in [0.5, 0.6) is 0 Å². The molecule has 19 heavy (non-hydrogen) atoms. The van der Waals surface area contributed by atoms with Crippen LogP contribution in [-0.2, 0) is 12.8 Å². The van der Waals surface area contributed by atoms with E-state index in [1.54, 1.807) is 22.7 Å². The van der Waals surface area contributed by atoms with E-state index in [1.165, 1.54) is 23.4 Å². The second-order valence-electron chi connectivity index (χ2n) is 4.91. The number of thiophene rings is 1. The second-order valence-corrected chi connectivity index (χ2v) is 6.63. The Morgan fingerprint density at radius 3 is 2.89 bits per heavy atom. The molecule has 2 nitrogen and oxygen atoms in total. The summed E-state index contributed by atoms with van der Waals surface area (Å²) in [6.45, 7) is 5.38. The first-order valence-corrected chi connectivity index (χ1v) is 8.75. The molecule has 0 spiro atoms. The van der Waals surface area contributed by atoms with Crippen LogP contribution >= 0.6 is 22.7 Å². The molecule has 2 rings (SSSR count). The van der Waals surface area contributed by atoms with Gasteiger partial charge in [0.15, 0.2) is 0 Å². The van der Waals surface area contributed by atoms with Gasteiger partial charge in [0.2, 0.25) is 0 Å². The molecule has 0 aliphatic heterocycles. The van der Waals surface area contributed by atoms with Crippen molar-refractivity contribution in [3.63, 3.8) is 0 Å². The third kappa shape index (κ3) is 5.05. The minimum atomic E-state index is 0.547. The fourth-order valence-electron chi connectivity index (χ4n) is 2.11. The molecule has 2 aromatic rings. The van der Waals surface area contributed by atoms with Gasteiger partial charge in [0.05, 0.1) is 5.01 Å². The zero-order valence-electron chi connectivity index (χ0n) is 11.7. The van der Waals surface area contributed by atoms with Gasteiger partial charge < -0.3 is 5.32 Å². The molecule has 0 saturated carbocycles. The Morgan fingerprint density at radius 2 is 2.26 bits per heavy atom. The van der Waals surface area contributed by atoms with E-state index in [9.17, 15) is 0 Å². The van der Waals surface area contributed by atoms with Crippen molar-refractivity contribution in [2.24, 2.45) is 0 Å². The summed E-state index contributed by atoms with van der Waals surface area (Å²) >= 11 is 3.57. The van der Waals surface area contributed by atoms with Crippen LogP contribution < -0.4 is 5.32 Å². The summed E-state index contributed by atoms with van der Waals surface area (Å²) in [5.41, 5.74) is 2.61. The summed E-state index contributed by atoms with van der Waals surface area (Å²) in [7, 11) is 0. The van der Waals surface area contributed by atoms with Crippen LogP contribution in [0.3, 0.4) is 0 Å². The lowest BCUT2D eigenvalue weighted by molar-refractivity contribution is 0.477. The van der Waals surface area contributed by atoms with Gasteiger partial charge >= 0.3 is 0 Å². The standard InChI is InChI=1S/C15H22N2S2/c1-3-7-16-14(5-4-13-6-8-18-11-13)9-15-17-12(2)10-19-15/h6,8,10-11,14,16H,3-5,7,9H2,1-2H3. The normalized spacial score (nSPS) is 12.7. The molecule has 1 N–H and O–H groups in total. The lowest BCUT2D eigenvalue weighted by atomic mass is 10.1. The number of nitrogens with one attached hydrogen (secondary N) is 1. The van der Waals surface area contributed by atoms with Gasteiger partial charge in [0.25, 0.3) is 0 Å². The Balaban J connectivity index is 1.87. The molecule has 4 heteroatoms. The predicted octanol–water partition coefficient (Wildman–Crippen LogP) is 4.06. The van der Waals surface area contributed by atoms with Crippen LogP contribution in [0.2, 0.25) is 0 Å². The summed E-state index contributed by atoms with van der Waals surface area (Å²) in [6.07, 6.45) is 4.60. The van der Waals surface area contributed by atoms with Gasteiger partial charge in [-0.3, -0.25) is 0 Å². The molecule has 0 fully saturated rings. The van der Waals surface area contributed by atoms with E-state index < -0.39 is 0 Å². The highest BCUT2D eigenvalue weighted by Crippen LogP contribution is 2.15. The summed E-state index contributed by atoms with van der Waals surface area (Å²) in [5.74, 6) is 0. The lowest BCUT2D eigenvalue weighted by Crippen LogP contribution is -2.32. The Hall–Kier alpha value is -0.710. The average Bonchev–Trinajstić information content (AvgIpc) is 3.04. The number of aromatic nitrogens is 1. The van der Waals surface area contributed by atoms with E-state index in [0.29, 0.717) is 6.04 Å². The van der Waals surface area contributed by atoms with Gasteiger partial charge in [-0.25, -0.2) is 4.98 Å². The van der Waals surface area contributed by atoms with Crippen molar-refractivity contribution < 1.29 is 0 Å². The molecule has 2 aromatic heterocycles. The highest BCUT2D eigenvalue weighted by atomic mass is 32.1. The number of nitrogens with zero attached hydrogens (tertiary/aromatic N) is 1. The van der Waals surface area contributed by atoms with Crippen LogP contribution in [-0.4, -0.2) is 17.6 Å². The van der Waals surface area contributed by atoms with Gasteiger partial charge in [0.1, 0.15) is 0 Å². The van der Waals surface area contributed by atoms with Crippen molar-refractivity contribution in [3.05, 3.63) is 38.5 Å². The molecule has 0 aliphatic carbocycles. The zero-order valence-corrected chi connectivity index (χ0v) is 13.3. The second kappa shape index (κ2) is 7.78. The van der Waals surface area contributed by atoms with E-state index in [-0.39, 0.29) is 0 Å². The van der Waals surface area contributed by atoms with Crippen LogP contribution in [0.25, 0.3) is 0 Å². The summed E-state index contributed by atoms with van der Waals surface area (Å²) in [4.78, 5) is 4.58. The van der Waals surface area contributed by atoms with Crippen molar-refractivity contribution >= 4 is 22.7 Å². The molecule has 0 aliphatic rings. The van der Waals surface area contributed by atoms with Crippen molar-refractivity contribution in [1.29, 1.82) is 0 Å². The summed E-state index contributed by atoms with van der Waals surface area (Å²) < 4.78 is 0. The van der Waals surface area contributed by atoms with E-state index >= 15 is 0 Å². The van der Waals surface area contributed by atoms with Crippen LogP contribution in [0.4, 0.5) is 0 Å². The van der Waals surface area contributed by atoms with Gasteiger partial charge in [-0.05, 0) is 55.1 Å². The first-order chi connectivity index (χ1) is 9.28. The van der Waals surface area contributed by atoms with Crippen molar-refractivity contribution in [2.45, 2.75) is 45.6 Å². The van der Waals surface area contributed by atoms with Gasteiger partial charge in [-0.15, -0.1) is 11.3 Å². The monoisotopic (exact) mass is 294 g/mol. The number of hydrogen-bond acceptors (Lipinski definition) is 4. The molecular formula is C15H22N2S2. The maximum atomic E-state index is 4.58. The molecule has 1 unspecified atom stereocenters. The number of rotatable bonds is 8. The molecule has 2 heterocycles. The van der Waals surface area contributed by atoms with E-state index in [1.807, 2.05) is 0 Å². The number of aryl methyl sites for hydroxylation is 2. The van der Waals surface area contributed by atoms with E-state index in [4.69, 9.17) is 0 Å². The molecule has 1 atom stereocenters. The molecular weight excluding hydrogens is 272 g/mol. The van der Waals surface area contributed by atoms with Crippen LogP contribution in [0, 0.1) is 6.92 Å². The number of thiazole rings is 1. The minimum Gasteiger partial charge on any atom is -0.314 e. The first-order valence-electron chi connectivity index (χ1n) is 6.93. The average molecular weight is 294 g/mol. The van der Waals surface area contributed by atoms with E-state index in [2.05, 4.69) is 46.4 Å². The quantitative estimate of drug-likeness (QED) is 0.794. The summed E-state index contributed by atoms with van der Waals surface area (Å²) in [5, 5.41) is 11.5. The van der Waals surface area contributed by atoms with Crippen molar-refractivity contribution in [2.75, 3.05) is 6.54 Å². The third-order valence-electron chi connectivity index (χ3n) is 3.13. The maximum Gasteiger partial charge on any atom is 0.0943 e. The molecule has 0 radical (unpaired) electrons. The largest absolute Gasteiger partial charge is 0.314 e. The van der Waals surface area contributed by atoms with Crippen LogP contribution in [0.15, 0.2) is 22.2 Å². The Bertz CT molecular complexity index is 462. The van der Waals surface area contributed by atoms with Crippen molar-refractivity contribution in [1.82, 2.24) is 10.3 Å². The van der Waals surface area contributed by atoms with Gasteiger partial charge in [-0.1, -0.05) is 6.92 Å². The third-order valence-corrected chi connectivity index (χ3v) is 4.85. The Kier molecular flexibility index (Phi) is 6.01. The lowest BCUT2D eigenvalue weighted by Gasteiger charge is -2.17. The van der Waals surface area contributed by atoms with Gasteiger partial charge in [0, 0.05) is 23.5 Å². The highest BCUT2D eigenvalue weighted by Gasteiger charge is 2.11. The Labute approximate surface area is 123 Å². The van der Waals surface area contributed by atoms with Crippen LogP contribution in [0.1, 0.15) is 36.0 Å². The maximum absolute atomic E-state index is 4.58. The minimum absolute atomic E-state index is 0.547. The molecule has 0 saturated heterocycles. The molecule has 0 bridgehead atoms. The zero-order chi connectivity index (χ0) is 13.5. The van der Waals surface area contributed by atoms with E-state index in [0.717, 1.165) is 25.1 Å². The Morgan fingerprint density at radius 1 is 1.37 bits per heavy atom. The topological polar surface area (TPSA) is 24.9 Å². The smallest absolute Gasteiger partial charge is 0.0943 e. The fraction of sp³-hybridized carbons (Fsp3) is 0.533. The number of hydrogen-bond donors (Lipinski definition) is 1. The SMILES string of the molecule is CCCNC(CCc1ccsc1)Cc1nc(C)cs1. The van der Waals surface area contributed by atoms with Gasteiger partial charge in [-0.2, -0.15) is 11.3 Å². The first kappa shape index (κ1) is 14.7. The van der Waals surface area contributed by atoms with Crippen molar-refractivity contribution in [3.8, 4) is 0 Å². The highest BCUT2D eigenvalue weighted by molar-refractivity contribution is 7.09. The summed E-state index contributed by atoms with van der Waals surface area (Å²) in [6, 6.07) is 2.78. The molecule has 0 amide bonds. The molecule has 0 aromatic carbocycles. The molecule has 104 valence electrons. The predicted molar refractivity (Wildman–Crippen MR) is 85.3 cm³/mol.